The zero-order chi connectivity index (χ0) is 11.3. The summed E-state index contributed by atoms with van der Waals surface area (Å²) in [6, 6.07) is 0. The number of ether oxygens (including phenoxy) is 1. The third kappa shape index (κ3) is 1.11. The summed E-state index contributed by atoms with van der Waals surface area (Å²) in [5, 5.41) is 0. The Hall–Kier alpha value is -0.790. The number of carbonyl (C=O) groups excluding carboxylic acids is 1. The van der Waals surface area contributed by atoms with Gasteiger partial charge >= 0.3 is 5.97 Å². The number of hydrogen-bond donors (Lipinski definition) is 0. The second kappa shape index (κ2) is 3.35. The number of hydrogen-bond acceptors (Lipinski definition) is 2. The van der Waals surface area contributed by atoms with Crippen LogP contribution < -0.4 is 0 Å². The van der Waals surface area contributed by atoms with Crippen molar-refractivity contribution in [2.24, 2.45) is 23.2 Å². The molecule has 3 saturated carbocycles. The van der Waals surface area contributed by atoms with E-state index in [9.17, 15) is 4.79 Å². The summed E-state index contributed by atoms with van der Waals surface area (Å²) in [7, 11) is 1.47. The average molecular weight is 220 g/mol. The van der Waals surface area contributed by atoms with Crippen LogP contribution in [-0.4, -0.2) is 13.1 Å². The first-order valence-corrected chi connectivity index (χ1v) is 6.47. The molecule has 4 atom stereocenters. The Kier molecular flexibility index (Phi) is 2.17. The summed E-state index contributed by atoms with van der Waals surface area (Å²) in [5.41, 5.74) is 0.894. The standard InChI is InChI=1S/C14H20O2/c1-9(13(15)16-2)14-7-6-10(8-14)11-4-3-5-12(11)14/h10-12H,1,3-8H2,2H3. The van der Waals surface area contributed by atoms with E-state index in [2.05, 4.69) is 6.58 Å². The summed E-state index contributed by atoms with van der Waals surface area (Å²) in [4.78, 5) is 11.7. The molecule has 0 radical (unpaired) electrons. The van der Waals surface area contributed by atoms with E-state index in [0.29, 0.717) is 0 Å². The van der Waals surface area contributed by atoms with Crippen LogP contribution in [-0.2, 0) is 9.53 Å². The lowest BCUT2D eigenvalue weighted by Crippen LogP contribution is -2.32. The van der Waals surface area contributed by atoms with Crippen molar-refractivity contribution in [1.82, 2.24) is 0 Å². The van der Waals surface area contributed by atoms with Gasteiger partial charge in [-0.2, -0.15) is 0 Å². The third-order valence-electron chi connectivity index (χ3n) is 5.51. The molecule has 16 heavy (non-hydrogen) atoms. The summed E-state index contributed by atoms with van der Waals surface area (Å²) in [6.07, 6.45) is 7.71. The zero-order valence-corrected chi connectivity index (χ0v) is 10.00. The second-order valence-corrected chi connectivity index (χ2v) is 5.83. The van der Waals surface area contributed by atoms with E-state index in [1.54, 1.807) is 0 Å². The molecule has 0 aromatic heterocycles. The maximum absolute atomic E-state index is 11.7. The molecule has 4 unspecified atom stereocenters. The minimum absolute atomic E-state index is 0.124. The normalized spacial score (nSPS) is 44.4. The van der Waals surface area contributed by atoms with Gasteiger partial charge in [0.1, 0.15) is 0 Å². The molecule has 0 heterocycles. The minimum atomic E-state index is -0.173. The van der Waals surface area contributed by atoms with Gasteiger partial charge in [-0.15, -0.1) is 0 Å². The predicted octanol–water partition coefficient (Wildman–Crippen LogP) is 2.93. The molecular weight excluding hydrogens is 200 g/mol. The summed E-state index contributed by atoms with van der Waals surface area (Å²) >= 11 is 0. The maximum atomic E-state index is 11.7. The van der Waals surface area contributed by atoms with Crippen LogP contribution in [0.1, 0.15) is 38.5 Å². The lowest BCUT2D eigenvalue weighted by atomic mass is 9.68. The van der Waals surface area contributed by atoms with Crippen LogP contribution in [0.2, 0.25) is 0 Å². The quantitative estimate of drug-likeness (QED) is 0.528. The largest absolute Gasteiger partial charge is 0.466 e. The number of carbonyl (C=O) groups is 1. The minimum Gasteiger partial charge on any atom is -0.466 e. The molecule has 0 aromatic carbocycles. The van der Waals surface area contributed by atoms with Gasteiger partial charge < -0.3 is 4.74 Å². The number of fused-ring (bicyclic) bond motifs is 5. The molecule has 0 N–H and O–H groups in total. The monoisotopic (exact) mass is 220 g/mol. The molecule has 3 fully saturated rings. The van der Waals surface area contributed by atoms with E-state index in [4.69, 9.17) is 4.74 Å². The molecule has 2 heteroatoms. The first kappa shape index (κ1) is 10.4. The summed E-state index contributed by atoms with van der Waals surface area (Å²) in [5.74, 6) is 2.31. The molecule has 0 amide bonds. The number of esters is 1. The topological polar surface area (TPSA) is 26.3 Å². The van der Waals surface area contributed by atoms with Crippen molar-refractivity contribution in [1.29, 1.82) is 0 Å². The third-order valence-corrected chi connectivity index (χ3v) is 5.51. The fourth-order valence-corrected chi connectivity index (χ4v) is 4.88. The van der Waals surface area contributed by atoms with Gasteiger partial charge in [0.05, 0.1) is 7.11 Å². The van der Waals surface area contributed by atoms with Gasteiger partial charge in [-0.3, -0.25) is 0 Å². The predicted molar refractivity (Wildman–Crippen MR) is 61.8 cm³/mol. The average Bonchev–Trinajstić information content (AvgIpc) is 2.97. The van der Waals surface area contributed by atoms with E-state index in [1.165, 1.54) is 45.6 Å². The van der Waals surface area contributed by atoms with Crippen LogP contribution in [0.25, 0.3) is 0 Å². The number of rotatable bonds is 2. The Labute approximate surface area is 97.1 Å². The van der Waals surface area contributed by atoms with Crippen LogP contribution in [0.4, 0.5) is 0 Å². The molecule has 0 aliphatic heterocycles. The molecule has 3 aliphatic rings. The van der Waals surface area contributed by atoms with Crippen molar-refractivity contribution < 1.29 is 9.53 Å². The van der Waals surface area contributed by atoms with Crippen molar-refractivity contribution in [2.75, 3.05) is 7.11 Å². The molecule has 3 rings (SSSR count). The van der Waals surface area contributed by atoms with Crippen LogP contribution >= 0.6 is 0 Å². The van der Waals surface area contributed by atoms with Gasteiger partial charge in [0, 0.05) is 11.0 Å². The highest BCUT2D eigenvalue weighted by Crippen LogP contribution is 2.68. The van der Waals surface area contributed by atoms with Gasteiger partial charge in [0.2, 0.25) is 0 Å². The van der Waals surface area contributed by atoms with Crippen LogP contribution in [0.15, 0.2) is 12.2 Å². The Bertz CT molecular complexity index is 347. The highest BCUT2D eigenvalue weighted by molar-refractivity contribution is 5.89. The number of methoxy groups -OCH3 is 1. The zero-order valence-electron chi connectivity index (χ0n) is 10.00. The van der Waals surface area contributed by atoms with Gasteiger partial charge in [-0.05, 0) is 49.9 Å². The summed E-state index contributed by atoms with van der Waals surface area (Å²) < 4.78 is 4.88. The first-order valence-electron chi connectivity index (χ1n) is 6.47. The van der Waals surface area contributed by atoms with E-state index in [0.717, 1.165) is 23.3 Å². The molecule has 0 spiro atoms. The van der Waals surface area contributed by atoms with Crippen LogP contribution in [0, 0.1) is 23.2 Å². The van der Waals surface area contributed by atoms with E-state index >= 15 is 0 Å². The van der Waals surface area contributed by atoms with Gasteiger partial charge in [0.25, 0.3) is 0 Å². The maximum Gasteiger partial charge on any atom is 0.333 e. The Morgan fingerprint density at radius 1 is 1.38 bits per heavy atom. The first-order chi connectivity index (χ1) is 7.69. The van der Waals surface area contributed by atoms with Crippen molar-refractivity contribution in [2.45, 2.75) is 38.5 Å². The summed E-state index contributed by atoms with van der Waals surface area (Å²) in [6.45, 7) is 4.06. The van der Waals surface area contributed by atoms with Crippen molar-refractivity contribution in [3.05, 3.63) is 12.2 Å². The Balaban J connectivity index is 1.92. The molecule has 0 aromatic rings. The fraction of sp³-hybridized carbons (Fsp3) is 0.786. The highest BCUT2D eigenvalue weighted by atomic mass is 16.5. The van der Waals surface area contributed by atoms with Crippen molar-refractivity contribution in [3.63, 3.8) is 0 Å². The van der Waals surface area contributed by atoms with E-state index in [1.807, 2.05) is 0 Å². The van der Waals surface area contributed by atoms with Gasteiger partial charge in [-0.25, -0.2) is 4.79 Å². The molecule has 88 valence electrons. The van der Waals surface area contributed by atoms with Gasteiger partial charge in [-0.1, -0.05) is 13.0 Å². The molecular formula is C14H20O2. The van der Waals surface area contributed by atoms with Gasteiger partial charge in [0.15, 0.2) is 0 Å². The fourth-order valence-electron chi connectivity index (χ4n) is 4.88. The lowest BCUT2D eigenvalue weighted by Gasteiger charge is -2.36. The second-order valence-electron chi connectivity index (χ2n) is 5.83. The van der Waals surface area contributed by atoms with Crippen LogP contribution in [0.5, 0.6) is 0 Å². The Morgan fingerprint density at radius 3 is 2.94 bits per heavy atom. The Morgan fingerprint density at radius 2 is 2.19 bits per heavy atom. The highest BCUT2D eigenvalue weighted by Gasteiger charge is 2.60. The van der Waals surface area contributed by atoms with Crippen LogP contribution in [0.3, 0.4) is 0 Å². The SMILES string of the molecule is C=C(C(=O)OC)C12CCC(C1)C1CCCC12. The molecule has 3 aliphatic carbocycles. The smallest absolute Gasteiger partial charge is 0.333 e. The molecule has 2 nitrogen and oxygen atoms in total. The molecule has 2 bridgehead atoms. The van der Waals surface area contributed by atoms with Crippen molar-refractivity contribution in [3.8, 4) is 0 Å². The van der Waals surface area contributed by atoms with E-state index in [-0.39, 0.29) is 11.4 Å². The molecule has 0 saturated heterocycles. The lowest BCUT2D eigenvalue weighted by molar-refractivity contribution is -0.137. The van der Waals surface area contributed by atoms with Crippen molar-refractivity contribution >= 4 is 5.97 Å². The van der Waals surface area contributed by atoms with E-state index < -0.39 is 0 Å².